The Balaban J connectivity index is 1.50. The zero-order valence-electron chi connectivity index (χ0n) is 15.5. The van der Waals surface area contributed by atoms with Crippen molar-refractivity contribution in [1.29, 1.82) is 0 Å². The van der Waals surface area contributed by atoms with E-state index in [9.17, 15) is 18.8 Å². The van der Waals surface area contributed by atoms with Crippen molar-refractivity contribution in [2.24, 2.45) is 17.8 Å². The van der Waals surface area contributed by atoms with Gasteiger partial charge >= 0.3 is 0 Å². The van der Waals surface area contributed by atoms with E-state index in [0.717, 1.165) is 19.3 Å². The first-order chi connectivity index (χ1) is 13.4. The number of benzene rings is 2. The summed E-state index contributed by atoms with van der Waals surface area (Å²) in [4.78, 5) is 39.1. The molecule has 1 aliphatic carbocycles. The number of anilines is 2. The van der Waals surface area contributed by atoms with Crippen LogP contribution in [0.5, 0.6) is 0 Å². The maximum atomic E-state index is 13.0. The number of carbonyl (C=O) groups is 3. The summed E-state index contributed by atoms with van der Waals surface area (Å²) in [5.41, 5.74) is 1.37. The number of hydrogen-bond donors (Lipinski definition) is 1. The molecule has 1 heterocycles. The molecule has 1 saturated heterocycles. The fourth-order valence-electron chi connectivity index (χ4n) is 4.14. The molecule has 1 aliphatic heterocycles. The molecule has 2 aliphatic rings. The minimum absolute atomic E-state index is 0.134. The lowest BCUT2D eigenvalue weighted by Gasteiger charge is -2.25. The van der Waals surface area contributed by atoms with E-state index in [1.807, 2.05) is 0 Å². The van der Waals surface area contributed by atoms with Gasteiger partial charge in [-0.2, -0.15) is 0 Å². The molecule has 28 heavy (non-hydrogen) atoms. The second-order valence-electron chi connectivity index (χ2n) is 7.65. The minimum atomic E-state index is -0.378. The van der Waals surface area contributed by atoms with Crippen molar-refractivity contribution in [2.45, 2.75) is 26.2 Å². The van der Waals surface area contributed by atoms with E-state index in [0.29, 0.717) is 22.9 Å². The van der Waals surface area contributed by atoms with Gasteiger partial charge in [0.1, 0.15) is 5.82 Å². The zero-order chi connectivity index (χ0) is 19.8. The van der Waals surface area contributed by atoms with Gasteiger partial charge in [-0.05, 0) is 73.7 Å². The van der Waals surface area contributed by atoms with Crippen LogP contribution in [0.15, 0.2) is 48.5 Å². The molecule has 2 aromatic rings. The summed E-state index contributed by atoms with van der Waals surface area (Å²) in [6.45, 7) is 2.12. The highest BCUT2D eigenvalue weighted by Gasteiger charge is 2.49. The van der Waals surface area contributed by atoms with Crippen molar-refractivity contribution in [3.05, 3.63) is 59.9 Å². The standard InChI is InChI=1S/C22H21FN2O3/c1-13-2-11-18-19(12-13)22(28)25(21(18)27)17-9-3-14(4-10-17)20(26)24-16-7-5-15(23)6-8-16/h3-10,13,18-19H,2,11-12H2,1H3,(H,24,26)/t13-,18+,19+/m1/s1. The van der Waals surface area contributed by atoms with E-state index < -0.39 is 0 Å². The predicted octanol–water partition coefficient (Wildman–Crippen LogP) is 4.00. The normalized spacial score (nSPS) is 24.2. The molecule has 0 radical (unpaired) electrons. The molecule has 1 saturated carbocycles. The Morgan fingerprint density at radius 3 is 2.29 bits per heavy atom. The number of imide groups is 1. The highest BCUT2D eigenvalue weighted by atomic mass is 19.1. The lowest BCUT2D eigenvalue weighted by Crippen LogP contribution is -2.30. The third-order valence-corrected chi connectivity index (χ3v) is 5.68. The van der Waals surface area contributed by atoms with Gasteiger partial charge in [0.05, 0.1) is 17.5 Å². The van der Waals surface area contributed by atoms with Gasteiger partial charge in [-0.3, -0.25) is 19.3 Å². The Morgan fingerprint density at radius 2 is 1.61 bits per heavy atom. The van der Waals surface area contributed by atoms with Gasteiger partial charge in [0.15, 0.2) is 0 Å². The molecule has 0 spiro atoms. The molecule has 0 unspecified atom stereocenters. The smallest absolute Gasteiger partial charge is 0.255 e. The van der Waals surface area contributed by atoms with Crippen molar-refractivity contribution in [3.63, 3.8) is 0 Å². The number of amides is 3. The third kappa shape index (κ3) is 3.30. The van der Waals surface area contributed by atoms with Gasteiger partial charge in [-0.15, -0.1) is 0 Å². The molecule has 144 valence electrons. The Bertz CT molecular complexity index is 924. The van der Waals surface area contributed by atoms with Crippen molar-refractivity contribution >= 4 is 29.1 Å². The predicted molar refractivity (Wildman–Crippen MR) is 103 cm³/mol. The van der Waals surface area contributed by atoms with E-state index in [-0.39, 0.29) is 35.4 Å². The lowest BCUT2D eigenvalue weighted by molar-refractivity contribution is -0.122. The Hall–Kier alpha value is -3.02. The van der Waals surface area contributed by atoms with Crippen LogP contribution >= 0.6 is 0 Å². The molecule has 3 atom stereocenters. The number of nitrogens with zero attached hydrogens (tertiary/aromatic N) is 1. The van der Waals surface area contributed by atoms with Crippen LogP contribution in [-0.2, 0) is 9.59 Å². The second-order valence-corrected chi connectivity index (χ2v) is 7.65. The summed E-state index contributed by atoms with van der Waals surface area (Å²) in [7, 11) is 0. The summed E-state index contributed by atoms with van der Waals surface area (Å²) in [5, 5.41) is 2.68. The number of fused-ring (bicyclic) bond motifs is 1. The molecule has 4 rings (SSSR count). The van der Waals surface area contributed by atoms with Crippen molar-refractivity contribution in [1.82, 2.24) is 0 Å². The number of carbonyl (C=O) groups excluding carboxylic acids is 3. The topological polar surface area (TPSA) is 66.5 Å². The average molecular weight is 380 g/mol. The summed E-state index contributed by atoms with van der Waals surface area (Å²) in [6, 6.07) is 11.9. The van der Waals surface area contributed by atoms with Crippen LogP contribution in [-0.4, -0.2) is 17.7 Å². The Labute approximate surface area is 162 Å². The van der Waals surface area contributed by atoms with E-state index in [1.165, 1.54) is 29.2 Å². The molecule has 6 heteroatoms. The monoisotopic (exact) mass is 380 g/mol. The fourth-order valence-corrected chi connectivity index (χ4v) is 4.14. The van der Waals surface area contributed by atoms with Crippen LogP contribution < -0.4 is 10.2 Å². The zero-order valence-corrected chi connectivity index (χ0v) is 15.5. The van der Waals surface area contributed by atoms with Gasteiger partial charge in [0.2, 0.25) is 11.8 Å². The number of nitrogens with one attached hydrogen (secondary N) is 1. The third-order valence-electron chi connectivity index (χ3n) is 5.68. The van der Waals surface area contributed by atoms with Gasteiger partial charge in [0.25, 0.3) is 5.91 Å². The van der Waals surface area contributed by atoms with Gasteiger partial charge in [-0.1, -0.05) is 6.92 Å². The largest absolute Gasteiger partial charge is 0.322 e. The van der Waals surface area contributed by atoms with E-state index in [4.69, 9.17) is 0 Å². The van der Waals surface area contributed by atoms with E-state index in [2.05, 4.69) is 12.2 Å². The molecular weight excluding hydrogens is 359 g/mol. The van der Waals surface area contributed by atoms with Crippen molar-refractivity contribution in [3.8, 4) is 0 Å². The van der Waals surface area contributed by atoms with Crippen molar-refractivity contribution < 1.29 is 18.8 Å². The molecule has 0 aromatic heterocycles. The summed E-state index contributed by atoms with van der Waals surface area (Å²) in [5.74, 6) is -0.981. The van der Waals surface area contributed by atoms with Crippen LogP contribution in [0.25, 0.3) is 0 Å². The fraction of sp³-hybridized carbons (Fsp3) is 0.318. The first-order valence-electron chi connectivity index (χ1n) is 9.49. The summed E-state index contributed by atoms with van der Waals surface area (Å²) in [6.07, 6.45) is 2.48. The second kappa shape index (κ2) is 7.19. The molecule has 0 bridgehead atoms. The molecule has 3 amide bonds. The van der Waals surface area contributed by atoms with Crippen LogP contribution in [0, 0.1) is 23.6 Å². The average Bonchev–Trinajstić information content (AvgIpc) is 2.93. The highest BCUT2D eigenvalue weighted by molar-refractivity contribution is 6.22. The maximum Gasteiger partial charge on any atom is 0.255 e. The van der Waals surface area contributed by atoms with E-state index >= 15 is 0 Å². The molecule has 2 aromatic carbocycles. The molecule has 1 N–H and O–H groups in total. The van der Waals surface area contributed by atoms with Crippen LogP contribution in [0.3, 0.4) is 0 Å². The first-order valence-corrected chi connectivity index (χ1v) is 9.49. The molecule has 2 fully saturated rings. The quantitative estimate of drug-likeness (QED) is 0.819. The highest BCUT2D eigenvalue weighted by Crippen LogP contribution is 2.42. The first kappa shape index (κ1) is 18.3. The van der Waals surface area contributed by atoms with Gasteiger partial charge in [-0.25, -0.2) is 4.39 Å². The van der Waals surface area contributed by atoms with Crippen LogP contribution in [0.4, 0.5) is 15.8 Å². The minimum Gasteiger partial charge on any atom is -0.322 e. The molecular formula is C22H21FN2O3. The summed E-state index contributed by atoms with van der Waals surface area (Å²) >= 11 is 0. The van der Waals surface area contributed by atoms with Crippen molar-refractivity contribution in [2.75, 3.05) is 10.2 Å². The SMILES string of the molecule is C[C@@H]1CC[C@@H]2C(=O)N(c3ccc(C(=O)Nc4ccc(F)cc4)cc3)C(=O)[C@H]2C1. The lowest BCUT2D eigenvalue weighted by atomic mass is 9.76. The Morgan fingerprint density at radius 1 is 0.964 bits per heavy atom. The van der Waals surface area contributed by atoms with Gasteiger partial charge in [0, 0.05) is 11.3 Å². The van der Waals surface area contributed by atoms with Crippen LogP contribution in [0.2, 0.25) is 0 Å². The van der Waals surface area contributed by atoms with E-state index in [1.54, 1.807) is 24.3 Å². The summed E-state index contributed by atoms with van der Waals surface area (Å²) < 4.78 is 13.0. The van der Waals surface area contributed by atoms with Crippen LogP contribution in [0.1, 0.15) is 36.5 Å². The maximum absolute atomic E-state index is 13.0. The van der Waals surface area contributed by atoms with Gasteiger partial charge < -0.3 is 5.32 Å². The Kier molecular flexibility index (Phi) is 4.71. The number of halogens is 1. The number of rotatable bonds is 3. The number of hydrogen-bond acceptors (Lipinski definition) is 3. The molecule has 5 nitrogen and oxygen atoms in total.